The van der Waals surface area contributed by atoms with Crippen molar-refractivity contribution in [3.63, 3.8) is 0 Å². The maximum absolute atomic E-state index is 13.1. The highest BCUT2D eigenvalue weighted by Gasteiger charge is 2.39. The monoisotopic (exact) mass is 410 g/mol. The van der Waals surface area contributed by atoms with E-state index in [1.165, 1.54) is 19.1 Å². The van der Waals surface area contributed by atoms with Gasteiger partial charge in [0, 0.05) is 18.9 Å². The van der Waals surface area contributed by atoms with Crippen molar-refractivity contribution in [1.29, 1.82) is 0 Å². The van der Waals surface area contributed by atoms with Crippen molar-refractivity contribution in [3.05, 3.63) is 58.8 Å². The summed E-state index contributed by atoms with van der Waals surface area (Å²) in [5.41, 5.74) is 4.03. The van der Waals surface area contributed by atoms with Gasteiger partial charge in [0.15, 0.2) is 11.5 Å². The minimum absolute atomic E-state index is 0.180. The molecule has 3 rings (SSSR count). The van der Waals surface area contributed by atoms with Gasteiger partial charge in [-0.15, -0.1) is 0 Å². The molecule has 2 aromatic rings. The Morgan fingerprint density at radius 1 is 0.867 bits per heavy atom. The molecule has 1 aliphatic rings. The van der Waals surface area contributed by atoms with Gasteiger partial charge in [0.1, 0.15) is 5.70 Å². The number of methoxy groups -OCH3 is 3. The number of amides is 2. The van der Waals surface area contributed by atoms with E-state index in [1.807, 2.05) is 32.0 Å². The highest BCUT2D eigenvalue weighted by atomic mass is 16.5. The van der Waals surface area contributed by atoms with E-state index in [4.69, 9.17) is 14.2 Å². The van der Waals surface area contributed by atoms with E-state index >= 15 is 0 Å². The highest BCUT2D eigenvalue weighted by molar-refractivity contribution is 6.36. The standard InChI is InChI=1S/C23H26N2O5/c1-14-6-7-16(12-15(14)2)20-21(23(27)25(22(20)26)10-11-28-3)24-17-8-9-18(29-4)19(13-17)30-5/h6-9,12-13,24H,10-11H2,1-5H3. The number of benzene rings is 2. The Bertz CT molecular complexity index is 1010. The third kappa shape index (κ3) is 4.02. The Kier molecular flexibility index (Phi) is 6.42. The molecule has 2 aromatic carbocycles. The average Bonchev–Trinajstić information content (AvgIpc) is 2.97. The van der Waals surface area contributed by atoms with Gasteiger partial charge in [0.05, 0.1) is 32.9 Å². The summed E-state index contributed by atoms with van der Waals surface area (Å²) in [5, 5.41) is 3.13. The van der Waals surface area contributed by atoms with E-state index in [0.29, 0.717) is 28.3 Å². The molecule has 1 N–H and O–H groups in total. The van der Waals surface area contributed by atoms with Crippen molar-refractivity contribution in [2.75, 3.05) is 39.8 Å². The quantitative estimate of drug-likeness (QED) is 0.674. The molecule has 0 atom stereocenters. The summed E-state index contributed by atoms with van der Waals surface area (Å²) >= 11 is 0. The summed E-state index contributed by atoms with van der Waals surface area (Å²) in [6.07, 6.45) is 0. The molecule has 0 bridgehead atoms. The van der Waals surface area contributed by atoms with Crippen molar-refractivity contribution in [1.82, 2.24) is 4.90 Å². The lowest BCUT2D eigenvalue weighted by Gasteiger charge is -2.15. The van der Waals surface area contributed by atoms with Gasteiger partial charge in [-0.05, 0) is 42.7 Å². The maximum Gasteiger partial charge on any atom is 0.278 e. The van der Waals surface area contributed by atoms with Crippen LogP contribution in [0.2, 0.25) is 0 Å². The van der Waals surface area contributed by atoms with Crippen LogP contribution in [0.25, 0.3) is 5.57 Å². The number of carbonyl (C=O) groups is 2. The Morgan fingerprint density at radius 3 is 2.23 bits per heavy atom. The van der Waals surface area contributed by atoms with E-state index in [9.17, 15) is 9.59 Å². The number of nitrogens with one attached hydrogen (secondary N) is 1. The molecule has 0 saturated carbocycles. The number of aryl methyl sites for hydroxylation is 2. The summed E-state index contributed by atoms with van der Waals surface area (Å²) < 4.78 is 15.7. The molecule has 158 valence electrons. The zero-order chi connectivity index (χ0) is 21.8. The summed E-state index contributed by atoms with van der Waals surface area (Å²) in [7, 11) is 4.63. The first kappa shape index (κ1) is 21.4. The number of anilines is 1. The van der Waals surface area contributed by atoms with Crippen molar-refractivity contribution in [2.45, 2.75) is 13.8 Å². The van der Waals surface area contributed by atoms with Crippen LogP contribution in [0.5, 0.6) is 11.5 Å². The molecule has 30 heavy (non-hydrogen) atoms. The SMILES string of the molecule is COCCN1C(=O)C(Nc2ccc(OC)c(OC)c2)=C(c2ccc(C)c(C)c2)C1=O. The molecule has 7 heteroatoms. The van der Waals surface area contributed by atoms with Crippen LogP contribution < -0.4 is 14.8 Å². The Hall–Kier alpha value is -3.32. The van der Waals surface area contributed by atoms with Gasteiger partial charge in [-0.2, -0.15) is 0 Å². The summed E-state index contributed by atoms with van der Waals surface area (Å²) in [6.45, 7) is 4.43. The lowest BCUT2D eigenvalue weighted by atomic mass is 9.99. The third-order valence-electron chi connectivity index (χ3n) is 5.14. The molecule has 1 heterocycles. The van der Waals surface area contributed by atoms with Gasteiger partial charge >= 0.3 is 0 Å². The first-order valence-corrected chi connectivity index (χ1v) is 9.57. The number of rotatable bonds is 8. The van der Waals surface area contributed by atoms with Gasteiger partial charge in [-0.25, -0.2) is 0 Å². The smallest absolute Gasteiger partial charge is 0.278 e. The van der Waals surface area contributed by atoms with E-state index < -0.39 is 0 Å². The second kappa shape index (κ2) is 9.00. The number of hydrogen-bond acceptors (Lipinski definition) is 6. The molecule has 0 aliphatic carbocycles. The second-order valence-electron chi connectivity index (χ2n) is 7.00. The molecule has 0 aromatic heterocycles. The van der Waals surface area contributed by atoms with Crippen LogP contribution in [0.15, 0.2) is 42.1 Å². The lowest BCUT2D eigenvalue weighted by molar-refractivity contribution is -0.137. The second-order valence-corrected chi connectivity index (χ2v) is 7.00. The van der Waals surface area contributed by atoms with E-state index in [-0.39, 0.29) is 30.7 Å². The molecule has 0 fully saturated rings. The van der Waals surface area contributed by atoms with Gasteiger partial charge in [0.2, 0.25) is 0 Å². The van der Waals surface area contributed by atoms with Crippen LogP contribution >= 0.6 is 0 Å². The average molecular weight is 410 g/mol. The summed E-state index contributed by atoms with van der Waals surface area (Å²) in [6, 6.07) is 11.0. The number of imide groups is 1. The normalized spacial score (nSPS) is 13.8. The first-order chi connectivity index (χ1) is 14.4. The van der Waals surface area contributed by atoms with Crippen molar-refractivity contribution in [3.8, 4) is 11.5 Å². The van der Waals surface area contributed by atoms with Crippen LogP contribution in [0.1, 0.15) is 16.7 Å². The Labute approximate surface area is 176 Å². The molecule has 1 aliphatic heterocycles. The lowest BCUT2D eigenvalue weighted by Crippen LogP contribution is -2.35. The minimum atomic E-state index is -0.389. The molecule has 0 saturated heterocycles. The van der Waals surface area contributed by atoms with E-state index in [2.05, 4.69) is 5.32 Å². The van der Waals surface area contributed by atoms with Gasteiger partial charge in [0.25, 0.3) is 11.8 Å². The van der Waals surface area contributed by atoms with E-state index in [0.717, 1.165) is 11.1 Å². The number of hydrogen-bond donors (Lipinski definition) is 1. The zero-order valence-electron chi connectivity index (χ0n) is 17.9. The largest absolute Gasteiger partial charge is 0.493 e. The molecular weight excluding hydrogens is 384 g/mol. The minimum Gasteiger partial charge on any atom is -0.493 e. The van der Waals surface area contributed by atoms with Crippen molar-refractivity contribution >= 4 is 23.1 Å². The fourth-order valence-corrected chi connectivity index (χ4v) is 3.30. The van der Waals surface area contributed by atoms with Crippen LogP contribution in [0.3, 0.4) is 0 Å². The van der Waals surface area contributed by atoms with Crippen LogP contribution in [-0.2, 0) is 14.3 Å². The van der Waals surface area contributed by atoms with Gasteiger partial charge in [-0.3, -0.25) is 14.5 Å². The van der Waals surface area contributed by atoms with Crippen molar-refractivity contribution in [2.24, 2.45) is 0 Å². The fourth-order valence-electron chi connectivity index (χ4n) is 3.30. The number of ether oxygens (including phenoxy) is 3. The highest BCUT2D eigenvalue weighted by Crippen LogP contribution is 2.34. The summed E-state index contributed by atoms with van der Waals surface area (Å²) in [4.78, 5) is 27.5. The van der Waals surface area contributed by atoms with Crippen molar-refractivity contribution < 1.29 is 23.8 Å². The maximum atomic E-state index is 13.1. The van der Waals surface area contributed by atoms with Crippen LogP contribution in [0, 0.1) is 13.8 Å². The van der Waals surface area contributed by atoms with Crippen LogP contribution in [0.4, 0.5) is 5.69 Å². The predicted molar refractivity (Wildman–Crippen MR) is 115 cm³/mol. The predicted octanol–water partition coefficient (Wildman–Crippen LogP) is 3.16. The summed E-state index contributed by atoms with van der Waals surface area (Å²) in [5.74, 6) is 0.356. The Morgan fingerprint density at radius 2 is 1.60 bits per heavy atom. The first-order valence-electron chi connectivity index (χ1n) is 9.57. The van der Waals surface area contributed by atoms with Crippen LogP contribution in [-0.4, -0.2) is 51.2 Å². The zero-order valence-corrected chi connectivity index (χ0v) is 17.9. The van der Waals surface area contributed by atoms with Gasteiger partial charge in [-0.1, -0.05) is 18.2 Å². The fraction of sp³-hybridized carbons (Fsp3) is 0.304. The molecular formula is C23H26N2O5. The molecule has 7 nitrogen and oxygen atoms in total. The molecule has 0 spiro atoms. The Balaban J connectivity index is 2.07. The topological polar surface area (TPSA) is 77.1 Å². The molecule has 0 radical (unpaired) electrons. The number of nitrogens with zero attached hydrogens (tertiary/aromatic N) is 1. The van der Waals surface area contributed by atoms with Gasteiger partial charge < -0.3 is 19.5 Å². The van der Waals surface area contributed by atoms with E-state index in [1.54, 1.807) is 25.3 Å². The molecule has 2 amide bonds. The third-order valence-corrected chi connectivity index (χ3v) is 5.14. The molecule has 0 unspecified atom stereocenters. The number of carbonyl (C=O) groups excluding carboxylic acids is 2.